The Morgan fingerprint density at radius 3 is 2.70 bits per heavy atom. The maximum atomic E-state index is 4.53. The number of nitrogens with one attached hydrogen (secondary N) is 2. The van der Waals surface area contributed by atoms with Gasteiger partial charge < -0.3 is 10.6 Å². The molecule has 0 saturated heterocycles. The first-order valence-electron chi connectivity index (χ1n) is 7.11. The molecule has 2 N–H and O–H groups in total. The Kier molecular flexibility index (Phi) is 3.54. The first-order chi connectivity index (χ1) is 9.70. The van der Waals surface area contributed by atoms with Crippen molar-refractivity contribution in [2.45, 2.75) is 39.3 Å². The molecule has 2 aromatic rings. The van der Waals surface area contributed by atoms with Gasteiger partial charge in [0, 0.05) is 24.3 Å². The Morgan fingerprint density at radius 2 is 1.95 bits per heavy atom. The molecule has 0 unspecified atom stereocenters. The molecule has 0 bridgehead atoms. The zero-order valence-electron chi connectivity index (χ0n) is 12.0. The molecular formula is C16H20N4. The van der Waals surface area contributed by atoms with Crippen LogP contribution >= 0.6 is 0 Å². The maximum absolute atomic E-state index is 4.53. The van der Waals surface area contributed by atoms with E-state index in [4.69, 9.17) is 0 Å². The van der Waals surface area contributed by atoms with Crippen LogP contribution in [0.5, 0.6) is 0 Å². The monoisotopic (exact) mass is 268 g/mol. The number of hydrogen-bond donors (Lipinski definition) is 2. The third-order valence-corrected chi connectivity index (χ3v) is 3.49. The van der Waals surface area contributed by atoms with Gasteiger partial charge in [-0.3, -0.25) is 0 Å². The first-order valence-corrected chi connectivity index (χ1v) is 7.11. The Hall–Kier alpha value is -2.10. The third kappa shape index (κ3) is 3.26. The molecule has 1 aliphatic carbocycles. The van der Waals surface area contributed by atoms with Crippen molar-refractivity contribution in [1.29, 1.82) is 0 Å². The summed E-state index contributed by atoms with van der Waals surface area (Å²) in [5.74, 6) is 1.61. The molecule has 1 fully saturated rings. The van der Waals surface area contributed by atoms with Gasteiger partial charge in [-0.05, 0) is 37.8 Å². The number of anilines is 2. The van der Waals surface area contributed by atoms with Crippen LogP contribution in [0, 0.1) is 13.8 Å². The summed E-state index contributed by atoms with van der Waals surface area (Å²) in [7, 11) is 0. The van der Waals surface area contributed by atoms with Crippen molar-refractivity contribution >= 4 is 11.8 Å². The second-order valence-corrected chi connectivity index (χ2v) is 5.42. The number of benzene rings is 1. The SMILES string of the molecule is Cc1cc(NCc2ccccc2C)nc(NC2CC2)n1. The molecular weight excluding hydrogens is 248 g/mol. The molecule has 1 aromatic heterocycles. The van der Waals surface area contributed by atoms with E-state index in [1.165, 1.54) is 24.0 Å². The van der Waals surface area contributed by atoms with Gasteiger partial charge >= 0.3 is 0 Å². The Balaban J connectivity index is 1.70. The Bertz CT molecular complexity index is 605. The van der Waals surface area contributed by atoms with Gasteiger partial charge in [-0.2, -0.15) is 4.98 Å². The lowest BCUT2D eigenvalue weighted by Crippen LogP contribution is -2.09. The minimum absolute atomic E-state index is 0.570. The molecule has 20 heavy (non-hydrogen) atoms. The van der Waals surface area contributed by atoms with Crippen molar-refractivity contribution in [3.8, 4) is 0 Å². The number of aromatic nitrogens is 2. The summed E-state index contributed by atoms with van der Waals surface area (Å²) in [6, 6.07) is 10.9. The third-order valence-electron chi connectivity index (χ3n) is 3.49. The largest absolute Gasteiger partial charge is 0.366 e. The molecule has 0 spiro atoms. The number of rotatable bonds is 5. The van der Waals surface area contributed by atoms with E-state index in [1.54, 1.807) is 0 Å². The van der Waals surface area contributed by atoms with Crippen LogP contribution in [-0.2, 0) is 6.54 Å². The van der Waals surface area contributed by atoms with Crippen LogP contribution in [0.1, 0.15) is 29.7 Å². The van der Waals surface area contributed by atoms with Crippen LogP contribution in [0.2, 0.25) is 0 Å². The molecule has 0 aliphatic heterocycles. The molecule has 0 amide bonds. The van der Waals surface area contributed by atoms with E-state index >= 15 is 0 Å². The van der Waals surface area contributed by atoms with Gasteiger partial charge in [0.1, 0.15) is 5.82 Å². The van der Waals surface area contributed by atoms with E-state index in [2.05, 4.69) is 51.8 Å². The smallest absolute Gasteiger partial charge is 0.225 e. The van der Waals surface area contributed by atoms with Gasteiger partial charge in [0.05, 0.1) is 0 Å². The van der Waals surface area contributed by atoms with Crippen molar-refractivity contribution < 1.29 is 0 Å². The molecule has 4 nitrogen and oxygen atoms in total. The van der Waals surface area contributed by atoms with Crippen molar-refractivity contribution in [1.82, 2.24) is 9.97 Å². The van der Waals surface area contributed by atoms with Crippen LogP contribution in [0.25, 0.3) is 0 Å². The second kappa shape index (κ2) is 5.49. The first kappa shape index (κ1) is 12.9. The van der Waals surface area contributed by atoms with Crippen LogP contribution in [0.3, 0.4) is 0 Å². The average Bonchev–Trinajstić information content (AvgIpc) is 3.21. The van der Waals surface area contributed by atoms with Crippen LogP contribution in [0.4, 0.5) is 11.8 Å². The van der Waals surface area contributed by atoms with E-state index in [1.807, 2.05) is 13.0 Å². The fourth-order valence-corrected chi connectivity index (χ4v) is 2.13. The van der Waals surface area contributed by atoms with E-state index in [0.717, 1.165) is 24.0 Å². The quantitative estimate of drug-likeness (QED) is 0.873. The fraction of sp³-hybridized carbons (Fsp3) is 0.375. The number of nitrogens with zero attached hydrogens (tertiary/aromatic N) is 2. The highest BCUT2D eigenvalue weighted by Crippen LogP contribution is 2.23. The second-order valence-electron chi connectivity index (χ2n) is 5.42. The van der Waals surface area contributed by atoms with Gasteiger partial charge in [-0.1, -0.05) is 24.3 Å². The van der Waals surface area contributed by atoms with Crippen molar-refractivity contribution in [3.05, 3.63) is 47.2 Å². The fourth-order valence-electron chi connectivity index (χ4n) is 2.13. The lowest BCUT2D eigenvalue weighted by atomic mass is 10.1. The summed E-state index contributed by atoms with van der Waals surface area (Å²) in [5.41, 5.74) is 3.57. The summed E-state index contributed by atoms with van der Waals surface area (Å²) < 4.78 is 0. The number of hydrogen-bond acceptors (Lipinski definition) is 4. The average molecular weight is 268 g/mol. The lowest BCUT2D eigenvalue weighted by Gasteiger charge is -2.10. The molecule has 1 saturated carbocycles. The van der Waals surface area contributed by atoms with Crippen LogP contribution < -0.4 is 10.6 Å². The van der Waals surface area contributed by atoms with Gasteiger partial charge in [-0.15, -0.1) is 0 Å². The van der Waals surface area contributed by atoms with Gasteiger partial charge in [-0.25, -0.2) is 4.98 Å². The van der Waals surface area contributed by atoms with Gasteiger partial charge in [0.25, 0.3) is 0 Å². The Morgan fingerprint density at radius 1 is 1.15 bits per heavy atom. The van der Waals surface area contributed by atoms with Crippen LogP contribution in [-0.4, -0.2) is 16.0 Å². The van der Waals surface area contributed by atoms with Crippen molar-refractivity contribution in [2.75, 3.05) is 10.6 Å². The topological polar surface area (TPSA) is 49.8 Å². The predicted molar refractivity (Wildman–Crippen MR) is 81.9 cm³/mol. The lowest BCUT2D eigenvalue weighted by molar-refractivity contribution is 1.01. The van der Waals surface area contributed by atoms with Gasteiger partial charge in [0.15, 0.2) is 0 Å². The van der Waals surface area contributed by atoms with E-state index in [-0.39, 0.29) is 0 Å². The molecule has 0 atom stereocenters. The number of aryl methyl sites for hydroxylation is 2. The summed E-state index contributed by atoms with van der Waals surface area (Å²) in [6.45, 7) is 4.91. The molecule has 104 valence electrons. The Labute approximate surface area is 119 Å². The zero-order chi connectivity index (χ0) is 13.9. The predicted octanol–water partition coefficient (Wildman–Crippen LogP) is 3.28. The summed E-state index contributed by atoms with van der Waals surface area (Å²) in [5, 5.41) is 6.73. The summed E-state index contributed by atoms with van der Waals surface area (Å²) in [6.07, 6.45) is 2.45. The summed E-state index contributed by atoms with van der Waals surface area (Å²) >= 11 is 0. The minimum Gasteiger partial charge on any atom is -0.366 e. The molecule has 0 radical (unpaired) electrons. The molecule has 1 aliphatic rings. The van der Waals surface area contributed by atoms with Crippen molar-refractivity contribution in [3.63, 3.8) is 0 Å². The van der Waals surface area contributed by atoms with E-state index in [9.17, 15) is 0 Å². The van der Waals surface area contributed by atoms with E-state index < -0.39 is 0 Å². The molecule has 3 rings (SSSR count). The standard InChI is InChI=1S/C16H20N4/c1-11-5-3-4-6-13(11)10-17-15-9-12(2)18-16(20-15)19-14-7-8-14/h3-6,9,14H,7-8,10H2,1-2H3,(H2,17,18,19,20). The van der Waals surface area contributed by atoms with Gasteiger partial charge in [0.2, 0.25) is 5.95 Å². The maximum Gasteiger partial charge on any atom is 0.225 e. The molecule has 4 heteroatoms. The van der Waals surface area contributed by atoms with Crippen LogP contribution in [0.15, 0.2) is 30.3 Å². The minimum atomic E-state index is 0.570. The normalized spacial score (nSPS) is 14.1. The zero-order valence-corrected chi connectivity index (χ0v) is 12.0. The molecule has 1 aromatic carbocycles. The highest BCUT2D eigenvalue weighted by Gasteiger charge is 2.22. The van der Waals surface area contributed by atoms with E-state index in [0.29, 0.717) is 6.04 Å². The highest BCUT2D eigenvalue weighted by atomic mass is 15.2. The summed E-state index contributed by atoms with van der Waals surface area (Å²) in [4.78, 5) is 8.95. The molecule has 1 heterocycles. The van der Waals surface area contributed by atoms with Crippen molar-refractivity contribution in [2.24, 2.45) is 0 Å². The highest BCUT2D eigenvalue weighted by molar-refractivity contribution is 5.44.